The first kappa shape index (κ1) is 23.7. The lowest BCUT2D eigenvalue weighted by Gasteiger charge is -2.31. The number of anilines is 1. The molecule has 0 bridgehead atoms. The summed E-state index contributed by atoms with van der Waals surface area (Å²) in [5.74, 6) is 0.574. The molecule has 1 N–H and O–H groups in total. The summed E-state index contributed by atoms with van der Waals surface area (Å²) in [5.41, 5.74) is 7.43. The largest absolute Gasteiger partial charge is 0.322 e. The van der Waals surface area contributed by atoms with Gasteiger partial charge >= 0.3 is 6.03 Å². The number of fused-ring (bicyclic) bond motifs is 3. The number of urea groups is 1. The summed E-state index contributed by atoms with van der Waals surface area (Å²) in [5, 5.41) is 7.99. The molecule has 1 aliphatic rings. The van der Waals surface area contributed by atoms with Crippen LogP contribution in [-0.2, 0) is 6.54 Å². The smallest absolute Gasteiger partial charge is 0.308 e. The number of hydrogen-bond acceptors (Lipinski definition) is 2. The molecule has 6 rings (SSSR count). The van der Waals surface area contributed by atoms with E-state index in [-0.39, 0.29) is 11.8 Å². The fraction of sp³-hybridized carbons (Fsp3) is 0.161. The Kier molecular flexibility index (Phi) is 5.83. The summed E-state index contributed by atoms with van der Waals surface area (Å²) in [6.45, 7) is 6.37. The maximum atomic E-state index is 14.0. The number of para-hydroxylation sites is 1. The van der Waals surface area contributed by atoms with Crippen LogP contribution in [0.15, 0.2) is 91.1 Å². The first-order chi connectivity index (χ1) is 18.4. The second kappa shape index (κ2) is 9.34. The number of hydrogen-bond donors (Lipinski definition) is 1. The lowest BCUT2D eigenvalue weighted by atomic mass is 10.0. The minimum atomic E-state index is -0.451. The Balaban J connectivity index is 1.52. The Morgan fingerprint density at radius 2 is 1.68 bits per heavy atom. The second-order valence-electron chi connectivity index (χ2n) is 9.75. The molecule has 0 saturated carbocycles. The number of benzene rings is 3. The Bertz CT molecular complexity index is 1640. The van der Waals surface area contributed by atoms with E-state index in [0.29, 0.717) is 6.54 Å². The summed E-state index contributed by atoms with van der Waals surface area (Å²) >= 11 is 0. The van der Waals surface area contributed by atoms with Gasteiger partial charge in [-0.05, 0) is 86.0 Å². The van der Waals surface area contributed by atoms with Gasteiger partial charge in [-0.25, -0.2) is 13.9 Å². The van der Waals surface area contributed by atoms with Gasteiger partial charge in [-0.1, -0.05) is 36.4 Å². The maximum Gasteiger partial charge on any atom is 0.322 e. The molecule has 2 aromatic heterocycles. The Labute approximate surface area is 221 Å². The number of nitrogens with one attached hydrogen (secondary N) is 1. The molecule has 190 valence electrons. The second-order valence-corrected chi connectivity index (χ2v) is 9.75. The maximum absolute atomic E-state index is 14.0. The molecule has 2 amide bonds. The molecule has 0 saturated heterocycles. The average Bonchev–Trinajstić information content (AvgIpc) is 3.48. The molecule has 0 fully saturated rings. The minimum absolute atomic E-state index is 0.241. The number of nitrogens with zero attached hydrogens (tertiary/aromatic N) is 4. The lowest BCUT2D eigenvalue weighted by molar-refractivity contribution is 0.194. The fourth-order valence-electron chi connectivity index (χ4n) is 5.16. The van der Waals surface area contributed by atoms with Gasteiger partial charge in [-0.3, -0.25) is 0 Å². The van der Waals surface area contributed by atoms with Gasteiger partial charge in [0.05, 0.1) is 29.7 Å². The van der Waals surface area contributed by atoms with Crippen molar-refractivity contribution in [2.45, 2.75) is 33.4 Å². The van der Waals surface area contributed by atoms with Crippen molar-refractivity contribution in [3.05, 3.63) is 131 Å². The Hall–Kier alpha value is -4.65. The third-order valence-electron chi connectivity index (χ3n) is 7.29. The van der Waals surface area contributed by atoms with E-state index >= 15 is 0 Å². The monoisotopic (exact) mass is 505 g/mol. The van der Waals surface area contributed by atoms with Crippen LogP contribution in [0, 0.1) is 26.6 Å². The first-order valence-electron chi connectivity index (χ1n) is 12.6. The highest BCUT2D eigenvalue weighted by molar-refractivity contribution is 5.90. The molecule has 5 aromatic rings. The molecular formula is C31H28FN5O. The normalized spacial score (nSPS) is 14.5. The van der Waals surface area contributed by atoms with E-state index < -0.39 is 6.04 Å². The van der Waals surface area contributed by atoms with E-state index in [1.165, 1.54) is 12.1 Å². The highest BCUT2D eigenvalue weighted by Crippen LogP contribution is 2.38. The van der Waals surface area contributed by atoms with Crippen LogP contribution in [0.1, 0.15) is 39.7 Å². The van der Waals surface area contributed by atoms with Crippen LogP contribution >= 0.6 is 0 Å². The van der Waals surface area contributed by atoms with Crippen molar-refractivity contribution >= 4 is 11.7 Å². The van der Waals surface area contributed by atoms with Gasteiger partial charge in [0.25, 0.3) is 0 Å². The molecule has 0 radical (unpaired) electrons. The lowest BCUT2D eigenvalue weighted by Crippen LogP contribution is -2.38. The van der Waals surface area contributed by atoms with Gasteiger partial charge in [-0.15, -0.1) is 0 Å². The van der Waals surface area contributed by atoms with E-state index in [0.717, 1.165) is 50.8 Å². The molecule has 38 heavy (non-hydrogen) atoms. The molecular weight excluding hydrogens is 477 g/mol. The Morgan fingerprint density at radius 3 is 2.42 bits per heavy atom. The summed E-state index contributed by atoms with van der Waals surface area (Å²) in [7, 11) is 0. The number of carbonyl (C=O) groups is 1. The van der Waals surface area contributed by atoms with Crippen LogP contribution in [0.4, 0.5) is 14.9 Å². The zero-order valence-corrected chi connectivity index (χ0v) is 21.5. The molecule has 0 unspecified atom stereocenters. The van der Waals surface area contributed by atoms with Crippen molar-refractivity contribution in [2.24, 2.45) is 0 Å². The topological polar surface area (TPSA) is 55.1 Å². The highest BCUT2D eigenvalue weighted by Gasteiger charge is 2.36. The quantitative estimate of drug-likeness (QED) is 0.291. The number of carbonyl (C=O) groups excluding carboxylic acids is 1. The minimum Gasteiger partial charge on any atom is -0.308 e. The molecule has 6 nitrogen and oxygen atoms in total. The van der Waals surface area contributed by atoms with Crippen LogP contribution in [0.2, 0.25) is 0 Å². The number of rotatable bonds is 3. The van der Waals surface area contributed by atoms with Crippen LogP contribution in [0.25, 0.3) is 11.5 Å². The van der Waals surface area contributed by atoms with Gasteiger partial charge in [0.2, 0.25) is 0 Å². The third kappa shape index (κ3) is 4.06. The van der Waals surface area contributed by atoms with E-state index in [2.05, 4.69) is 9.88 Å². The van der Waals surface area contributed by atoms with Crippen LogP contribution in [0.3, 0.4) is 0 Å². The van der Waals surface area contributed by atoms with Gasteiger partial charge in [0.1, 0.15) is 11.6 Å². The summed E-state index contributed by atoms with van der Waals surface area (Å²) in [6, 6.07) is 25.5. The van der Waals surface area contributed by atoms with Crippen molar-refractivity contribution in [3.63, 3.8) is 0 Å². The zero-order valence-electron chi connectivity index (χ0n) is 21.5. The number of aromatic nitrogens is 3. The molecule has 1 aliphatic heterocycles. The molecule has 0 aliphatic carbocycles. The van der Waals surface area contributed by atoms with E-state index in [1.807, 2.05) is 97.2 Å². The van der Waals surface area contributed by atoms with Gasteiger partial charge in [-0.2, -0.15) is 5.10 Å². The number of halogens is 1. The number of amides is 2. The Morgan fingerprint density at radius 1 is 0.921 bits per heavy atom. The molecule has 1 atom stereocenters. The van der Waals surface area contributed by atoms with E-state index in [9.17, 15) is 9.18 Å². The van der Waals surface area contributed by atoms with Crippen molar-refractivity contribution in [2.75, 3.05) is 5.32 Å². The third-order valence-corrected chi connectivity index (χ3v) is 7.29. The van der Waals surface area contributed by atoms with Gasteiger partial charge in [0, 0.05) is 17.4 Å². The molecule has 0 spiro atoms. The molecule has 3 aromatic carbocycles. The van der Waals surface area contributed by atoms with Crippen molar-refractivity contribution < 1.29 is 9.18 Å². The molecule has 3 heterocycles. The van der Waals surface area contributed by atoms with Gasteiger partial charge in [0.15, 0.2) is 0 Å². The number of aryl methyl sites for hydroxylation is 3. The highest BCUT2D eigenvalue weighted by atomic mass is 19.1. The van der Waals surface area contributed by atoms with Crippen LogP contribution in [-0.4, -0.2) is 25.3 Å². The van der Waals surface area contributed by atoms with Crippen LogP contribution < -0.4 is 5.32 Å². The van der Waals surface area contributed by atoms with Crippen molar-refractivity contribution in [3.8, 4) is 11.5 Å². The average molecular weight is 506 g/mol. The molecule has 7 heteroatoms. The summed E-state index contributed by atoms with van der Waals surface area (Å²) < 4.78 is 18.0. The zero-order chi connectivity index (χ0) is 26.4. The van der Waals surface area contributed by atoms with E-state index in [1.54, 1.807) is 12.1 Å². The van der Waals surface area contributed by atoms with E-state index in [4.69, 9.17) is 5.10 Å². The predicted octanol–water partition coefficient (Wildman–Crippen LogP) is 6.86. The van der Waals surface area contributed by atoms with Crippen LogP contribution in [0.5, 0.6) is 0 Å². The van der Waals surface area contributed by atoms with Crippen molar-refractivity contribution in [1.82, 2.24) is 19.2 Å². The van der Waals surface area contributed by atoms with Gasteiger partial charge < -0.3 is 14.8 Å². The fourth-order valence-corrected chi connectivity index (χ4v) is 5.16. The van der Waals surface area contributed by atoms with Crippen molar-refractivity contribution in [1.29, 1.82) is 0 Å². The SMILES string of the molecule is Cc1ccc(NC(=O)N2Cc3c(C)nn(-c4ccccc4)c3-n3cccc3[C@H]2c2ccc(F)cc2)cc1C. The summed E-state index contributed by atoms with van der Waals surface area (Å²) in [4.78, 5) is 15.8. The summed E-state index contributed by atoms with van der Waals surface area (Å²) in [6.07, 6.45) is 2.00. The predicted molar refractivity (Wildman–Crippen MR) is 146 cm³/mol. The standard InChI is InChI=1S/C31H28FN5O/c1-20-11-16-25(18-21(20)2)33-31(38)36-19-27-22(3)34-37(26-8-5-4-6-9-26)30(27)35-17-7-10-28(35)29(36)23-12-14-24(32)15-13-23/h4-18,29H,19H2,1-3H3,(H,33,38)/t29-/m1/s1. The first-order valence-corrected chi connectivity index (χ1v) is 12.6.